The second kappa shape index (κ2) is 5.20. The van der Waals surface area contributed by atoms with Crippen molar-refractivity contribution < 1.29 is 16.8 Å². The fraction of sp³-hybridized carbons (Fsp3) is 0.455. The van der Waals surface area contributed by atoms with Gasteiger partial charge in [0, 0.05) is 6.54 Å². The fourth-order valence-corrected chi connectivity index (χ4v) is 4.40. The zero-order chi connectivity index (χ0) is 14.1. The predicted molar refractivity (Wildman–Crippen MR) is 70.3 cm³/mol. The minimum absolute atomic E-state index is 0.295. The Morgan fingerprint density at radius 3 is 2.16 bits per heavy atom. The minimum atomic E-state index is -4.07. The molecule has 1 aliphatic carbocycles. The van der Waals surface area contributed by atoms with Crippen LogP contribution in [0.5, 0.6) is 0 Å². The molecule has 3 N–H and O–H groups in total. The lowest BCUT2D eigenvalue weighted by Crippen LogP contribution is -2.33. The zero-order valence-electron chi connectivity index (χ0n) is 10.2. The molecule has 0 atom stereocenters. The summed E-state index contributed by atoms with van der Waals surface area (Å²) in [5.74, 6) is 0.344. The molecule has 1 aromatic rings. The molecule has 0 saturated heterocycles. The zero-order valence-corrected chi connectivity index (χ0v) is 11.9. The Kier molecular flexibility index (Phi) is 3.95. The highest BCUT2D eigenvalue weighted by atomic mass is 32.2. The summed E-state index contributed by atoms with van der Waals surface area (Å²) in [5, 5.41) is 5.03. The molecule has 6 nitrogen and oxygen atoms in total. The highest BCUT2D eigenvalue weighted by Gasteiger charge is 2.25. The van der Waals surface area contributed by atoms with Crippen LogP contribution in [0.15, 0.2) is 34.1 Å². The molecular formula is C11H16N2O4S2. The van der Waals surface area contributed by atoms with Crippen molar-refractivity contribution in [3.05, 3.63) is 24.3 Å². The summed E-state index contributed by atoms with van der Waals surface area (Å²) in [5.41, 5.74) is 0. The molecule has 0 aliphatic heterocycles. The van der Waals surface area contributed by atoms with E-state index < -0.39 is 20.0 Å². The van der Waals surface area contributed by atoms with Gasteiger partial charge < -0.3 is 0 Å². The van der Waals surface area contributed by atoms with Gasteiger partial charge in [-0.05, 0) is 30.9 Å². The number of primary sulfonamides is 1. The number of hydrogen-bond donors (Lipinski definition) is 2. The summed E-state index contributed by atoms with van der Waals surface area (Å²) in [6.45, 7) is 0.335. The number of nitrogens with one attached hydrogen (secondary N) is 1. The third-order valence-corrected chi connectivity index (χ3v) is 5.81. The molecular weight excluding hydrogens is 288 g/mol. The van der Waals surface area contributed by atoms with E-state index in [-0.39, 0.29) is 9.79 Å². The van der Waals surface area contributed by atoms with Crippen molar-refractivity contribution in [2.24, 2.45) is 11.1 Å². The fourth-order valence-electron chi connectivity index (χ4n) is 1.91. The third kappa shape index (κ3) is 3.33. The van der Waals surface area contributed by atoms with E-state index in [0.29, 0.717) is 12.5 Å². The van der Waals surface area contributed by atoms with Crippen molar-refractivity contribution in [1.82, 2.24) is 4.72 Å². The molecule has 1 fully saturated rings. The van der Waals surface area contributed by atoms with Crippen LogP contribution in [0.25, 0.3) is 0 Å². The lowest BCUT2D eigenvalue weighted by atomic mass is 9.86. The molecule has 0 amide bonds. The largest absolute Gasteiger partial charge is 0.241 e. The molecule has 0 radical (unpaired) electrons. The number of nitrogens with two attached hydrogens (primary N) is 1. The first kappa shape index (κ1) is 14.4. The van der Waals surface area contributed by atoms with Gasteiger partial charge in [-0.2, -0.15) is 0 Å². The van der Waals surface area contributed by atoms with E-state index in [2.05, 4.69) is 4.72 Å². The van der Waals surface area contributed by atoms with Crippen LogP contribution in [0.1, 0.15) is 19.3 Å². The number of sulfonamides is 2. The topological polar surface area (TPSA) is 106 Å². The van der Waals surface area contributed by atoms with E-state index in [1.54, 1.807) is 0 Å². The van der Waals surface area contributed by atoms with E-state index >= 15 is 0 Å². The first-order valence-corrected chi connectivity index (χ1v) is 8.95. The summed E-state index contributed by atoms with van der Waals surface area (Å²) in [7, 11) is -7.92. The van der Waals surface area contributed by atoms with Crippen LogP contribution in [0.4, 0.5) is 0 Å². The van der Waals surface area contributed by atoms with Gasteiger partial charge in [-0.1, -0.05) is 18.6 Å². The van der Waals surface area contributed by atoms with Gasteiger partial charge in [-0.3, -0.25) is 0 Å². The average Bonchev–Trinajstić information content (AvgIpc) is 2.25. The molecule has 0 aromatic heterocycles. The highest BCUT2D eigenvalue weighted by Crippen LogP contribution is 2.26. The van der Waals surface area contributed by atoms with Gasteiger partial charge in [-0.15, -0.1) is 0 Å². The normalized spacial score (nSPS) is 17.1. The van der Waals surface area contributed by atoms with Gasteiger partial charge in [0.05, 0.1) is 0 Å². The van der Waals surface area contributed by atoms with Crippen LogP contribution < -0.4 is 9.86 Å². The number of hydrogen-bond acceptors (Lipinski definition) is 4. The van der Waals surface area contributed by atoms with E-state index in [4.69, 9.17) is 5.14 Å². The number of rotatable bonds is 5. The maximum absolute atomic E-state index is 12.1. The van der Waals surface area contributed by atoms with Crippen LogP contribution in [0, 0.1) is 5.92 Å². The van der Waals surface area contributed by atoms with Crippen LogP contribution in [0.3, 0.4) is 0 Å². The SMILES string of the molecule is NS(=O)(=O)c1ccccc1S(=O)(=O)NCC1CCC1. The predicted octanol–water partition coefficient (Wildman–Crippen LogP) is 0.412. The van der Waals surface area contributed by atoms with E-state index in [1.807, 2.05) is 0 Å². The Labute approximate surface area is 113 Å². The molecule has 2 rings (SSSR count). The minimum Gasteiger partial charge on any atom is -0.225 e. The molecule has 0 spiro atoms. The molecule has 0 heterocycles. The molecule has 8 heteroatoms. The van der Waals surface area contributed by atoms with E-state index in [1.165, 1.54) is 24.3 Å². The van der Waals surface area contributed by atoms with Crippen molar-refractivity contribution in [3.63, 3.8) is 0 Å². The molecule has 19 heavy (non-hydrogen) atoms. The van der Waals surface area contributed by atoms with Gasteiger partial charge in [-0.25, -0.2) is 26.7 Å². The summed E-state index contributed by atoms with van der Waals surface area (Å²) in [6.07, 6.45) is 3.11. The van der Waals surface area contributed by atoms with Crippen molar-refractivity contribution in [3.8, 4) is 0 Å². The Morgan fingerprint density at radius 1 is 1.11 bits per heavy atom. The van der Waals surface area contributed by atoms with Crippen molar-refractivity contribution in [1.29, 1.82) is 0 Å². The van der Waals surface area contributed by atoms with Gasteiger partial charge in [0.1, 0.15) is 9.79 Å². The Balaban J connectivity index is 2.29. The quantitative estimate of drug-likeness (QED) is 0.821. The van der Waals surface area contributed by atoms with Gasteiger partial charge in [0.15, 0.2) is 0 Å². The molecule has 0 unspecified atom stereocenters. The summed E-state index contributed by atoms with van der Waals surface area (Å²) < 4.78 is 49.5. The van der Waals surface area contributed by atoms with Gasteiger partial charge in [0.25, 0.3) is 0 Å². The summed E-state index contributed by atoms with van der Waals surface area (Å²) in [6, 6.07) is 5.33. The van der Waals surface area contributed by atoms with Gasteiger partial charge in [0.2, 0.25) is 20.0 Å². The summed E-state index contributed by atoms with van der Waals surface area (Å²) in [4.78, 5) is -0.673. The maximum atomic E-state index is 12.1. The van der Waals surface area contributed by atoms with E-state index in [0.717, 1.165) is 19.3 Å². The Morgan fingerprint density at radius 2 is 1.68 bits per heavy atom. The molecule has 1 aliphatic rings. The second-order valence-corrected chi connectivity index (χ2v) is 7.91. The third-order valence-electron chi connectivity index (χ3n) is 3.23. The van der Waals surface area contributed by atoms with Crippen molar-refractivity contribution in [2.45, 2.75) is 29.1 Å². The maximum Gasteiger partial charge on any atom is 0.241 e. The van der Waals surface area contributed by atoms with Gasteiger partial charge >= 0.3 is 0 Å². The monoisotopic (exact) mass is 304 g/mol. The number of benzene rings is 1. The lowest BCUT2D eigenvalue weighted by Gasteiger charge is -2.25. The second-order valence-electron chi connectivity index (χ2n) is 4.64. The van der Waals surface area contributed by atoms with E-state index in [9.17, 15) is 16.8 Å². The lowest BCUT2D eigenvalue weighted by molar-refractivity contribution is 0.316. The molecule has 1 aromatic carbocycles. The molecule has 0 bridgehead atoms. The smallest absolute Gasteiger partial charge is 0.225 e. The van der Waals surface area contributed by atoms with Crippen molar-refractivity contribution >= 4 is 20.0 Å². The summed E-state index contributed by atoms with van der Waals surface area (Å²) >= 11 is 0. The first-order chi connectivity index (χ1) is 8.81. The van der Waals surface area contributed by atoms with Crippen LogP contribution >= 0.6 is 0 Å². The average molecular weight is 304 g/mol. The Hall–Kier alpha value is -0.960. The standard InChI is InChI=1S/C11H16N2O4S2/c12-18(14,15)10-6-1-2-7-11(10)19(16,17)13-8-9-4-3-5-9/h1-2,6-7,9,13H,3-5,8H2,(H2,12,14,15). The van der Waals surface area contributed by atoms with Crippen LogP contribution in [-0.2, 0) is 20.0 Å². The Bertz CT molecular complexity index is 664. The van der Waals surface area contributed by atoms with Crippen molar-refractivity contribution in [2.75, 3.05) is 6.54 Å². The van der Waals surface area contributed by atoms with Crippen LogP contribution in [0.2, 0.25) is 0 Å². The molecule has 106 valence electrons. The first-order valence-electron chi connectivity index (χ1n) is 5.92. The molecule has 1 saturated carbocycles. The van der Waals surface area contributed by atoms with Crippen LogP contribution in [-0.4, -0.2) is 23.4 Å². The highest BCUT2D eigenvalue weighted by molar-refractivity contribution is 7.92.